The summed E-state index contributed by atoms with van der Waals surface area (Å²) in [7, 11) is 0. The Kier molecular flexibility index (Phi) is 4.08. The lowest BCUT2D eigenvalue weighted by atomic mass is 10.1. The molecule has 0 bridgehead atoms. The van der Waals surface area contributed by atoms with Gasteiger partial charge in [-0.3, -0.25) is 4.79 Å². The summed E-state index contributed by atoms with van der Waals surface area (Å²) in [6.45, 7) is 3.20. The number of benzene rings is 2. The molecule has 0 saturated carbocycles. The molecule has 0 N–H and O–H groups in total. The lowest BCUT2D eigenvalue weighted by molar-refractivity contribution is -0.312. The van der Waals surface area contributed by atoms with Crippen molar-refractivity contribution in [3.8, 4) is 17.1 Å². The SMILES string of the molecule is Cc1ccc2c(=O)c(O[C@@H](C)C(=O)[O-])c(-c3ccccc3)oc2c1. The maximum absolute atomic E-state index is 12.8. The highest BCUT2D eigenvalue weighted by molar-refractivity contribution is 5.83. The van der Waals surface area contributed by atoms with Gasteiger partial charge >= 0.3 is 0 Å². The molecule has 0 amide bonds. The molecule has 1 atom stereocenters. The van der Waals surface area contributed by atoms with Gasteiger partial charge < -0.3 is 19.1 Å². The van der Waals surface area contributed by atoms with E-state index in [0.717, 1.165) is 5.56 Å². The minimum Gasteiger partial charge on any atom is -0.546 e. The molecule has 0 aliphatic rings. The van der Waals surface area contributed by atoms with Gasteiger partial charge in [0.2, 0.25) is 11.2 Å². The number of hydrogen-bond acceptors (Lipinski definition) is 5. The third-order valence-electron chi connectivity index (χ3n) is 3.67. The van der Waals surface area contributed by atoms with E-state index in [9.17, 15) is 14.7 Å². The predicted octanol–water partition coefficient (Wildman–Crippen LogP) is 2.29. The second-order valence-corrected chi connectivity index (χ2v) is 5.53. The summed E-state index contributed by atoms with van der Waals surface area (Å²) in [5.41, 5.74) is 1.58. The van der Waals surface area contributed by atoms with Crippen LogP contribution in [0.4, 0.5) is 0 Å². The van der Waals surface area contributed by atoms with Crippen molar-refractivity contribution in [1.82, 2.24) is 0 Å². The van der Waals surface area contributed by atoms with E-state index in [0.29, 0.717) is 16.5 Å². The molecule has 1 aromatic heterocycles. The van der Waals surface area contributed by atoms with Gasteiger partial charge in [-0.2, -0.15) is 0 Å². The molecule has 0 unspecified atom stereocenters. The van der Waals surface area contributed by atoms with Gasteiger partial charge in [0.25, 0.3) is 0 Å². The molecular formula is C19H15O5-. The number of carbonyl (C=O) groups excluding carboxylic acids is 1. The first-order chi connectivity index (χ1) is 11.5. The summed E-state index contributed by atoms with van der Waals surface area (Å²) < 4.78 is 11.2. The largest absolute Gasteiger partial charge is 0.546 e. The summed E-state index contributed by atoms with van der Waals surface area (Å²) in [5.74, 6) is -1.33. The fourth-order valence-electron chi connectivity index (χ4n) is 2.39. The molecule has 5 heteroatoms. The number of hydrogen-bond donors (Lipinski definition) is 0. The van der Waals surface area contributed by atoms with Crippen LogP contribution in [-0.2, 0) is 4.79 Å². The van der Waals surface area contributed by atoms with Gasteiger partial charge in [-0.1, -0.05) is 36.4 Å². The molecule has 0 aliphatic heterocycles. The van der Waals surface area contributed by atoms with Gasteiger partial charge in [0.05, 0.1) is 11.4 Å². The number of carbonyl (C=O) groups is 1. The minimum absolute atomic E-state index is 0.130. The van der Waals surface area contributed by atoms with Gasteiger partial charge in [0.15, 0.2) is 5.76 Å². The zero-order valence-corrected chi connectivity index (χ0v) is 13.2. The van der Waals surface area contributed by atoms with Crippen LogP contribution < -0.4 is 15.3 Å². The Morgan fingerprint density at radius 3 is 2.54 bits per heavy atom. The second kappa shape index (κ2) is 6.20. The minimum atomic E-state index is -1.41. The van der Waals surface area contributed by atoms with Crippen molar-refractivity contribution in [3.63, 3.8) is 0 Å². The molecule has 3 aromatic rings. The van der Waals surface area contributed by atoms with Crippen LogP contribution >= 0.6 is 0 Å². The van der Waals surface area contributed by atoms with Crippen LogP contribution in [-0.4, -0.2) is 12.1 Å². The van der Waals surface area contributed by atoms with Crippen molar-refractivity contribution in [2.45, 2.75) is 20.0 Å². The number of aryl methyl sites for hydroxylation is 1. The lowest BCUT2D eigenvalue weighted by Crippen LogP contribution is -2.38. The number of carboxylic acid groups (broad SMARTS) is 1. The summed E-state index contributed by atoms with van der Waals surface area (Å²) in [5, 5.41) is 11.3. The van der Waals surface area contributed by atoms with Gasteiger partial charge in [-0.05, 0) is 31.5 Å². The summed E-state index contributed by atoms with van der Waals surface area (Å²) in [6, 6.07) is 14.1. The van der Waals surface area contributed by atoms with Gasteiger partial charge in [0, 0.05) is 5.56 Å². The summed E-state index contributed by atoms with van der Waals surface area (Å²) >= 11 is 0. The third kappa shape index (κ3) is 2.88. The van der Waals surface area contributed by atoms with E-state index in [4.69, 9.17) is 9.15 Å². The maximum atomic E-state index is 12.8. The first-order valence-corrected chi connectivity index (χ1v) is 7.48. The molecular weight excluding hydrogens is 308 g/mol. The van der Waals surface area contributed by atoms with Crippen LogP contribution in [0.2, 0.25) is 0 Å². The van der Waals surface area contributed by atoms with Crippen LogP contribution in [0.3, 0.4) is 0 Å². The highest BCUT2D eigenvalue weighted by Crippen LogP contribution is 2.31. The van der Waals surface area contributed by atoms with E-state index in [-0.39, 0.29) is 11.5 Å². The molecule has 122 valence electrons. The summed E-state index contributed by atoms with van der Waals surface area (Å²) in [6.07, 6.45) is -1.28. The third-order valence-corrected chi connectivity index (χ3v) is 3.67. The van der Waals surface area contributed by atoms with Crippen LogP contribution in [0.1, 0.15) is 12.5 Å². The zero-order valence-electron chi connectivity index (χ0n) is 13.2. The molecule has 0 saturated heterocycles. The van der Waals surface area contributed by atoms with Crippen molar-refractivity contribution in [2.24, 2.45) is 0 Å². The highest BCUT2D eigenvalue weighted by Gasteiger charge is 2.20. The Balaban J connectivity index is 2.29. The molecule has 1 heterocycles. The number of aliphatic carboxylic acids is 1. The molecule has 0 aliphatic carbocycles. The Labute approximate surface area is 138 Å². The highest BCUT2D eigenvalue weighted by atomic mass is 16.5. The number of fused-ring (bicyclic) bond motifs is 1. The molecule has 5 nitrogen and oxygen atoms in total. The van der Waals surface area contributed by atoms with Crippen LogP contribution in [0.25, 0.3) is 22.3 Å². The van der Waals surface area contributed by atoms with E-state index in [1.807, 2.05) is 13.0 Å². The van der Waals surface area contributed by atoms with E-state index >= 15 is 0 Å². The Morgan fingerprint density at radius 1 is 1.17 bits per heavy atom. The molecule has 0 radical (unpaired) electrons. The quantitative estimate of drug-likeness (QED) is 0.736. The molecule has 24 heavy (non-hydrogen) atoms. The number of ether oxygens (including phenoxy) is 1. The van der Waals surface area contributed by atoms with Crippen molar-refractivity contribution in [1.29, 1.82) is 0 Å². The lowest BCUT2D eigenvalue weighted by Gasteiger charge is -2.17. The van der Waals surface area contributed by atoms with Crippen molar-refractivity contribution >= 4 is 16.9 Å². The first-order valence-electron chi connectivity index (χ1n) is 7.48. The molecule has 0 fully saturated rings. The van der Waals surface area contributed by atoms with Gasteiger partial charge in [-0.15, -0.1) is 0 Å². The fraction of sp³-hybridized carbons (Fsp3) is 0.158. The van der Waals surface area contributed by atoms with Crippen molar-refractivity contribution < 1.29 is 19.1 Å². The van der Waals surface area contributed by atoms with Crippen molar-refractivity contribution in [3.05, 3.63) is 64.3 Å². The Hall–Kier alpha value is -3.08. The van der Waals surface area contributed by atoms with E-state index < -0.39 is 17.5 Å². The monoisotopic (exact) mass is 323 g/mol. The fourth-order valence-corrected chi connectivity index (χ4v) is 2.39. The van der Waals surface area contributed by atoms with Crippen LogP contribution in [0.5, 0.6) is 5.75 Å². The topological polar surface area (TPSA) is 79.6 Å². The Morgan fingerprint density at radius 2 is 1.88 bits per heavy atom. The van der Waals surface area contributed by atoms with Crippen molar-refractivity contribution in [2.75, 3.05) is 0 Å². The van der Waals surface area contributed by atoms with Gasteiger partial charge in [-0.25, -0.2) is 0 Å². The number of carboxylic acids is 1. The van der Waals surface area contributed by atoms with Gasteiger partial charge in [0.1, 0.15) is 11.7 Å². The zero-order chi connectivity index (χ0) is 17.3. The maximum Gasteiger partial charge on any atom is 0.235 e. The van der Waals surface area contributed by atoms with Crippen LogP contribution in [0, 0.1) is 6.92 Å². The van der Waals surface area contributed by atoms with Crippen LogP contribution in [0.15, 0.2) is 57.7 Å². The predicted molar refractivity (Wildman–Crippen MR) is 87.8 cm³/mol. The van der Waals surface area contributed by atoms with E-state index in [1.165, 1.54) is 6.92 Å². The smallest absolute Gasteiger partial charge is 0.235 e. The molecule has 3 rings (SSSR count). The average molecular weight is 323 g/mol. The second-order valence-electron chi connectivity index (χ2n) is 5.53. The summed E-state index contributed by atoms with van der Waals surface area (Å²) in [4.78, 5) is 23.8. The Bertz CT molecular complexity index is 957. The van der Waals surface area contributed by atoms with E-state index in [1.54, 1.807) is 42.5 Å². The number of rotatable bonds is 4. The van der Waals surface area contributed by atoms with E-state index in [2.05, 4.69) is 0 Å². The standard InChI is InChI=1S/C19H16O5/c1-11-8-9-14-15(10-11)24-17(13-6-4-3-5-7-13)18(16(14)20)23-12(2)19(21)22/h3-10,12H,1-2H3,(H,21,22)/p-1/t12-/m0/s1. The molecule has 2 aromatic carbocycles. The molecule has 0 spiro atoms. The average Bonchev–Trinajstić information content (AvgIpc) is 2.57. The normalized spacial score (nSPS) is 12.1. The first kappa shape index (κ1) is 15.8.